The van der Waals surface area contributed by atoms with Crippen LogP contribution in [0.4, 0.5) is 0 Å². The largest absolute Gasteiger partial charge is 0.496 e. The van der Waals surface area contributed by atoms with Crippen LogP contribution in [-0.2, 0) is 4.79 Å². The van der Waals surface area contributed by atoms with Gasteiger partial charge in [-0.25, -0.2) is 0 Å². The summed E-state index contributed by atoms with van der Waals surface area (Å²) in [6.07, 6.45) is 0.0229. The van der Waals surface area contributed by atoms with E-state index < -0.39 is 5.97 Å². The molecule has 0 amide bonds. The van der Waals surface area contributed by atoms with Crippen molar-refractivity contribution in [2.24, 2.45) is 0 Å². The second-order valence-electron chi connectivity index (χ2n) is 4.59. The Hall–Kier alpha value is -1.75. The molecule has 0 fully saturated rings. The van der Waals surface area contributed by atoms with Gasteiger partial charge < -0.3 is 19.5 Å². The molecular formula is C14H21NO4. The molecule has 5 heteroatoms. The van der Waals surface area contributed by atoms with Gasteiger partial charge in [0.2, 0.25) is 0 Å². The highest BCUT2D eigenvalue weighted by atomic mass is 16.5. The molecule has 0 spiro atoms. The molecule has 1 aromatic carbocycles. The molecule has 0 bridgehead atoms. The van der Waals surface area contributed by atoms with Crippen molar-refractivity contribution in [3.05, 3.63) is 23.3 Å². The molecule has 0 saturated carbocycles. The number of carboxylic acid groups (broad SMARTS) is 1. The van der Waals surface area contributed by atoms with Crippen LogP contribution in [0.1, 0.15) is 23.6 Å². The summed E-state index contributed by atoms with van der Waals surface area (Å²) in [6.45, 7) is 1.90. The van der Waals surface area contributed by atoms with E-state index in [-0.39, 0.29) is 12.5 Å². The molecule has 0 aliphatic rings. The first kappa shape index (κ1) is 15.3. The molecule has 106 valence electrons. The van der Waals surface area contributed by atoms with Crippen molar-refractivity contribution < 1.29 is 19.4 Å². The number of carbonyl (C=O) groups is 1. The van der Waals surface area contributed by atoms with E-state index in [0.717, 1.165) is 16.9 Å². The average Bonchev–Trinajstić information content (AvgIpc) is 2.35. The van der Waals surface area contributed by atoms with Crippen molar-refractivity contribution in [2.75, 3.05) is 28.3 Å². The Morgan fingerprint density at radius 3 is 2.37 bits per heavy atom. The molecule has 0 aromatic heterocycles. The van der Waals surface area contributed by atoms with Crippen molar-refractivity contribution in [3.8, 4) is 11.5 Å². The van der Waals surface area contributed by atoms with Gasteiger partial charge in [0.25, 0.3) is 0 Å². The molecule has 1 rings (SSSR count). The molecular weight excluding hydrogens is 246 g/mol. The Kier molecular flexibility index (Phi) is 5.18. The van der Waals surface area contributed by atoms with Gasteiger partial charge in [0.1, 0.15) is 11.5 Å². The Balaban J connectivity index is 3.30. The fourth-order valence-electron chi connectivity index (χ4n) is 2.19. The Bertz CT molecular complexity index is 457. The fraction of sp³-hybridized carbons (Fsp3) is 0.500. The highest BCUT2D eigenvalue weighted by Crippen LogP contribution is 2.37. The van der Waals surface area contributed by atoms with Gasteiger partial charge in [0, 0.05) is 17.2 Å². The van der Waals surface area contributed by atoms with E-state index in [1.807, 2.05) is 38.1 Å². The van der Waals surface area contributed by atoms with E-state index in [9.17, 15) is 4.79 Å². The first-order chi connectivity index (χ1) is 8.92. The first-order valence-electron chi connectivity index (χ1n) is 6.02. The van der Waals surface area contributed by atoms with E-state index in [4.69, 9.17) is 14.6 Å². The number of rotatable bonds is 6. The summed E-state index contributed by atoms with van der Waals surface area (Å²) in [4.78, 5) is 12.9. The summed E-state index contributed by atoms with van der Waals surface area (Å²) in [5, 5.41) is 9.04. The van der Waals surface area contributed by atoms with Crippen LogP contribution in [0.5, 0.6) is 11.5 Å². The van der Waals surface area contributed by atoms with E-state index in [2.05, 4.69) is 0 Å². The van der Waals surface area contributed by atoms with Crippen LogP contribution in [0.3, 0.4) is 0 Å². The molecule has 0 saturated heterocycles. The van der Waals surface area contributed by atoms with Crippen LogP contribution >= 0.6 is 0 Å². The molecule has 0 heterocycles. The average molecular weight is 267 g/mol. The maximum atomic E-state index is 11.0. The number of methoxy groups -OCH3 is 2. The highest BCUT2D eigenvalue weighted by Gasteiger charge is 2.23. The monoisotopic (exact) mass is 267 g/mol. The van der Waals surface area contributed by atoms with Crippen LogP contribution in [0.25, 0.3) is 0 Å². The lowest BCUT2D eigenvalue weighted by atomic mass is 9.98. The summed E-state index contributed by atoms with van der Waals surface area (Å²) in [5.41, 5.74) is 1.73. The minimum Gasteiger partial charge on any atom is -0.496 e. The maximum Gasteiger partial charge on any atom is 0.305 e. The second-order valence-corrected chi connectivity index (χ2v) is 4.59. The zero-order valence-corrected chi connectivity index (χ0v) is 12.1. The SMILES string of the molecule is COc1ccc(C(CC(=O)O)N(C)C)c(OC)c1C. The summed E-state index contributed by atoms with van der Waals surface area (Å²) in [6, 6.07) is 3.46. The lowest BCUT2D eigenvalue weighted by molar-refractivity contribution is -0.138. The molecule has 1 aromatic rings. The van der Waals surface area contributed by atoms with Crippen LogP contribution < -0.4 is 9.47 Å². The lowest BCUT2D eigenvalue weighted by Crippen LogP contribution is -2.23. The molecule has 1 atom stereocenters. The van der Waals surface area contributed by atoms with Gasteiger partial charge >= 0.3 is 5.97 Å². The van der Waals surface area contributed by atoms with Gasteiger partial charge in [-0.3, -0.25) is 4.79 Å². The van der Waals surface area contributed by atoms with E-state index in [0.29, 0.717) is 5.75 Å². The van der Waals surface area contributed by atoms with E-state index >= 15 is 0 Å². The number of hydrogen-bond acceptors (Lipinski definition) is 4. The smallest absolute Gasteiger partial charge is 0.305 e. The fourth-order valence-corrected chi connectivity index (χ4v) is 2.19. The Morgan fingerprint density at radius 2 is 1.95 bits per heavy atom. The van der Waals surface area contributed by atoms with E-state index in [1.54, 1.807) is 14.2 Å². The van der Waals surface area contributed by atoms with Crippen molar-refractivity contribution >= 4 is 5.97 Å². The van der Waals surface area contributed by atoms with E-state index in [1.165, 1.54) is 0 Å². The Morgan fingerprint density at radius 1 is 1.32 bits per heavy atom. The van der Waals surface area contributed by atoms with Gasteiger partial charge in [-0.1, -0.05) is 6.07 Å². The maximum absolute atomic E-state index is 11.0. The third-order valence-corrected chi connectivity index (χ3v) is 3.16. The summed E-state index contributed by atoms with van der Waals surface area (Å²) >= 11 is 0. The molecule has 1 unspecified atom stereocenters. The van der Waals surface area contributed by atoms with Gasteiger partial charge in [0.15, 0.2) is 0 Å². The third-order valence-electron chi connectivity index (χ3n) is 3.16. The van der Waals surface area contributed by atoms with Crippen LogP contribution in [0.15, 0.2) is 12.1 Å². The summed E-state index contributed by atoms with van der Waals surface area (Å²) in [5.74, 6) is 0.571. The lowest BCUT2D eigenvalue weighted by Gasteiger charge is -2.26. The van der Waals surface area contributed by atoms with Gasteiger partial charge in [-0.2, -0.15) is 0 Å². The van der Waals surface area contributed by atoms with Crippen molar-refractivity contribution in [2.45, 2.75) is 19.4 Å². The van der Waals surface area contributed by atoms with Crippen LogP contribution in [0.2, 0.25) is 0 Å². The van der Waals surface area contributed by atoms with Crippen molar-refractivity contribution in [1.82, 2.24) is 4.90 Å². The Labute approximate surface area is 113 Å². The third kappa shape index (κ3) is 3.38. The quantitative estimate of drug-likeness (QED) is 0.855. The second kappa shape index (κ2) is 6.43. The predicted octanol–water partition coefficient (Wildman–Crippen LogP) is 2.09. The number of ether oxygens (including phenoxy) is 2. The number of carboxylic acids is 1. The van der Waals surface area contributed by atoms with Gasteiger partial charge in [0.05, 0.1) is 20.6 Å². The van der Waals surface area contributed by atoms with Gasteiger partial charge in [-0.05, 0) is 27.1 Å². The molecule has 1 N–H and O–H groups in total. The predicted molar refractivity (Wildman–Crippen MR) is 73.0 cm³/mol. The standard InChI is InChI=1S/C14H21NO4/c1-9-12(18-4)7-6-10(14(9)19-5)11(15(2)3)8-13(16)17/h6-7,11H,8H2,1-5H3,(H,16,17). The zero-order chi connectivity index (χ0) is 14.6. The highest BCUT2D eigenvalue weighted by molar-refractivity contribution is 5.68. The molecule has 5 nitrogen and oxygen atoms in total. The minimum atomic E-state index is -0.839. The van der Waals surface area contributed by atoms with Gasteiger partial charge in [-0.15, -0.1) is 0 Å². The topological polar surface area (TPSA) is 59.0 Å². The van der Waals surface area contributed by atoms with Crippen molar-refractivity contribution in [1.29, 1.82) is 0 Å². The molecule has 0 radical (unpaired) electrons. The number of aliphatic carboxylic acids is 1. The number of nitrogens with zero attached hydrogens (tertiary/aromatic N) is 1. The molecule has 19 heavy (non-hydrogen) atoms. The zero-order valence-electron chi connectivity index (χ0n) is 12.1. The number of hydrogen-bond donors (Lipinski definition) is 1. The summed E-state index contributed by atoms with van der Waals surface area (Å²) < 4.78 is 10.7. The molecule has 0 aliphatic heterocycles. The van der Waals surface area contributed by atoms with Crippen LogP contribution in [0, 0.1) is 6.92 Å². The normalized spacial score (nSPS) is 12.3. The minimum absolute atomic E-state index is 0.0229. The number of benzene rings is 1. The van der Waals surface area contributed by atoms with Crippen molar-refractivity contribution in [3.63, 3.8) is 0 Å². The molecule has 0 aliphatic carbocycles. The van der Waals surface area contributed by atoms with Crippen LogP contribution in [-0.4, -0.2) is 44.3 Å². The summed E-state index contributed by atoms with van der Waals surface area (Å²) in [7, 11) is 6.89. The first-order valence-corrected chi connectivity index (χ1v) is 6.02.